The largest absolute Gasteiger partial charge is 0.264 e. The van der Waals surface area contributed by atoms with Crippen molar-refractivity contribution in [3.63, 3.8) is 0 Å². The number of nitrogens with zero attached hydrogens (tertiary/aromatic N) is 1. The quantitative estimate of drug-likeness (QED) is 0.615. The molecule has 0 radical (unpaired) electrons. The predicted octanol–water partition coefficient (Wildman–Crippen LogP) is 4.16. The summed E-state index contributed by atoms with van der Waals surface area (Å²) in [7, 11) is 0. The Labute approximate surface area is 87.6 Å². The van der Waals surface area contributed by atoms with Gasteiger partial charge < -0.3 is 0 Å². The number of aromatic nitrogens is 1. The normalized spacial score (nSPS) is 12.7. The molecule has 0 aliphatic rings. The molecular formula is C13H21N. The fraction of sp³-hybridized carbons (Fsp3) is 0.615. The Bertz CT molecular complexity index is 230. The first-order valence-corrected chi connectivity index (χ1v) is 5.78. The molecule has 0 N–H and O–H groups in total. The Morgan fingerprint density at radius 3 is 2.71 bits per heavy atom. The van der Waals surface area contributed by atoms with Crippen molar-refractivity contribution in [2.75, 3.05) is 0 Å². The number of hydrogen-bond acceptors (Lipinski definition) is 1. The van der Waals surface area contributed by atoms with Crippen LogP contribution in [0.1, 0.15) is 57.4 Å². The van der Waals surface area contributed by atoms with Crippen LogP contribution >= 0.6 is 0 Å². The van der Waals surface area contributed by atoms with E-state index in [0.29, 0.717) is 0 Å². The summed E-state index contributed by atoms with van der Waals surface area (Å²) < 4.78 is 0. The lowest BCUT2D eigenvalue weighted by Crippen LogP contribution is -1.97. The highest BCUT2D eigenvalue weighted by molar-refractivity contribution is 5.14. The van der Waals surface area contributed by atoms with Gasteiger partial charge in [0.15, 0.2) is 0 Å². The summed E-state index contributed by atoms with van der Waals surface area (Å²) in [4.78, 5) is 4.18. The highest BCUT2D eigenvalue weighted by atomic mass is 14.6. The van der Waals surface area contributed by atoms with Crippen LogP contribution in [0.5, 0.6) is 0 Å². The maximum Gasteiger partial charge on any atom is 0.0302 e. The van der Waals surface area contributed by atoms with E-state index in [0.717, 1.165) is 5.92 Å². The van der Waals surface area contributed by atoms with Gasteiger partial charge in [-0.2, -0.15) is 0 Å². The summed E-state index contributed by atoms with van der Waals surface area (Å²) in [5, 5.41) is 0. The fourth-order valence-electron chi connectivity index (χ4n) is 1.86. The fourth-order valence-corrected chi connectivity index (χ4v) is 1.86. The molecular weight excluding hydrogens is 170 g/mol. The van der Waals surface area contributed by atoms with Crippen LogP contribution in [0, 0.1) is 0 Å². The van der Waals surface area contributed by atoms with Crippen LogP contribution in [0.15, 0.2) is 24.5 Å². The smallest absolute Gasteiger partial charge is 0.0302 e. The molecule has 0 saturated heterocycles. The van der Waals surface area contributed by atoms with Gasteiger partial charge in [0.25, 0.3) is 0 Å². The lowest BCUT2D eigenvalue weighted by Gasteiger charge is -2.14. The van der Waals surface area contributed by atoms with E-state index in [-0.39, 0.29) is 0 Å². The summed E-state index contributed by atoms with van der Waals surface area (Å²) in [6.07, 6.45) is 10.4. The van der Waals surface area contributed by atoms with Crippen LogP contribution in [-0.2, 0) is 0 Å². The summed E-state index contributed by atoms with van der Waals surface area (Å²) >= 11 is 0. The first kappa shape index (κ1) is 11.2. The molecule has 1 nitrogen and oxygen atoms in total. The lowest BCUT2D eigenvalue weighted by atomic mass is 9.92. The van der Waals surface area contributed by atoms with Crippen molar-refractivity contribution in [2.24, 2.45) is 0 Å². The van der Waals surface area contributed by atoms with Gasteiger partial charge >= 0.3 is 0 Å². The number of unbranched alkanes of at least 4 members (excludes halogenated alkanes) is 2. The van der Waals surface area contributed by atoms with Crippen molar-refractivity contribution in [2.45, 2.75) is 51.9 Å². The van der Waals surface area contributed by atoms with Crippen LogP contribution in [0.3, 0.4) is 0 Å². The van der Waals surface area contributed by atoms with E-state index in [1.807, 2.05) is 18.5 Å². The van der Waals surface area contributed by atoms with Crippen molar-refractivity contribution in [3.8, 4) is 0 Å². The number of rotatable bonds is 6. The molecule has 1 heterocycles. The second-order valence-corrected chi connectivity index (χ2v) is 3.89. The van der Waals surface area contributed by atoms with Gasteiger partial charge in [-0.05, 0) is 30.4 Å². The number of pyridine rings is 1. The van der Waals surface area contributed by atoms with Crippen molar-refractivity contribution in [1.82, 2.24) is 4.98 Å². The zero-order chi connectivity index (χ0) is 10.2. The second kappa shape index (κ2) is 6.58. The molecule has 1 heteroatoms. The summed E-state index contributed by atoms with van der Waals surface area (Å²) in [6, 6.07) is 4.24. The van der Waals surface area contributed by atoms with E-state index >= 15 is 0 Å². The average Bonchev–Trinajstić information content (AvgIpc) is 2.26. The minimum Gasteiger partial charge on any atom is -0.264 e. The van der Waals surface area contributed by atoms with E-state index in [4.69, 9.17) is 0 Å². The molecule has 78 valence electrons. The Morgan fingerprint density at radius 2 is 2.14 bits per heavy atom. The third-order valence-electron chi connectivity index (χ3n) is 2.80. The molecule has 14 heavy (non-hydrogen) atoms. The topological polar surface area (TPSA) is 12.9 Å². The van der Waals surface area contributed by atoms with Crippen LogP contribution < -0.4 is 0 Å². The maximum absolute atomic E-state index is 4.18. The monoisotopic (exact) mass is 191 g/mol. The molecule has 0 aromatic carbocycles. The molecule has 1 atom stereocenters. The molecule has 0 saturated carbocycles. The zero-order valence-electron chi connectivity index (χ0n) is 9.37. The van der Waals surface area contributed by atoms with Gasteiger partial charge in [-0.1, -0.05) is 39.2 Å². The average molecular weight is 191 g/mol. The maximum atomic E-state index is 4.18. The second-order valence-electron chi connectivity index (χ2n) is 3.89. The minimum atomic E-state index is 0.718. The third-order valence-corrected chi connectivity index (χ3v) is 2.80. The Balaban J connectivity index is 2.46. The Hall–Kier alpha value is -0.850. The zero-order valence-corrected chi connectivity index (χ0v) is 9.37. The molecule has 1 aromatic heterocycles. The van der Waals surface area contributed by atoms with E-state index in [1.54, 1.807) is 0 Å². The van der Waals surface area contributed by atoms with E-state index < -0.39 is 0 Å². The van der Waals surface area contributed by atoms with Gasteiger partial charge in [0.1, 0.15) is 0 Å². The third kappa shape index (κ3) is 3.49. The van der Waals surface area contributed by atoms with Crippen molar-refractivity contribution >= 4 is 0 Å². The Kier molecular flexibility index (Phi) is 5.28. The first-order chi connectivity index (χ1) is 6.88. The predicted molar refractivity (Wildman–Crippen MR) is 61.4 cm³/mol. The van der Waals surface area contributed by atoms with Crippen LogP contribution in [-0.4, -0.2) is 4.98 Å². The van der Waals surface area contributed by atoms with Crippen molar-refractivity contribution in [3.05, 3.63) is 30.1 Å². The van der Waals surface area contributed by atoms with Gasteiger partial charge in [0, 0.05) is 12.4 Å². The van der Waals surface area contributed by atoms with Crippen molar-refractivity contribution in [1.29, 1.82) is 0 Å². The molecule has 0 aliphatic carbocycles. The molecule has 0 spiro atoms. The minimum absolute atomic E-state index is 0.718. The highest BCUT2D eigenvalue weighted by Crippen LogP contribution is 2.24. The number of hydrogen-bond donors (Lipinski definition) is 0. The molecule has 0 fully saturated rings. The van der Waals surface area contributed by atoms with E-state index in [1.165, 1.54) is 37.7 Å². The van der Waals surface area contributed by atoms with Gasteiger partial charge in [-0.25, -0.2) is 0 Å². The van der Waals surface area contributed by atoms with Gasteiger partial charge in [-0.15, -0.1) is 0 Å². The van der Waals surface area contributed by atoms with Gasteiger partial charge in [0.2, 0.25) is 0 Å². The Morgan fingerprint density at radius 1 is 1.29 bits per heavy atom. The molecule has 1 rings (SSSR count). The van der Waals surface area contributed by atoms with E-state index in [2.05, 4.69) is 24.9 Å². The van der Waals surface area contributed by atoms with Gasteiger partial charge in [-0.3, -0.25) is 4.98 Å². The molecule has 0 aliphatic heterocycles. The SMILES string of the molecule is CCCCCC(CC)c1cccnc1. The molecule has 1 unspecified atom stereocenters. The summed E-state index contributed by atoms with van der Waals surface area (Å²) in [5.74, 6) is 0.718. The molecule has 1 aromatic rings. The van der Waals surface area contributed by atoms with Gasteiger partial charge in [0.05, 0.1) is 0 Å². The standard InChI is InChI=1S/C13H21N/c1-3-5-6-8-12(4-2)13-9-7-10-14-11-13/h7,9-12H,3-6,8H2,1-2H3. The summed E-state index contributed by atoms with van der Waals surface area (Å²) in [6.45, 7) is 4.52. The van der Waals surface area contributed by atoms with Crippen LogP contribution in [0.4, 0.5) is 0 Å². The highest BCUT2D eigenvalue weighted by Gasteiger charge is 2.07. The van der Waals surface area contributed by atoms with Crippen LogP contribution in [0.25, 0.3) is 0 Å². The van der Waals surface area contributed by atoms with Crippen LogP contribution in [0.2, 0.25) is 0 Å². The lowest BCUT2D eigenvalue weighted by molar-refractivity contribution is 0.552. The molecule has 0 amide bonds. The van der Waals surface area contributed by atoms with E-state index in [9.17, 15) is 0 Å². The molecule has 0 bridgehead atoms. The van der Waals surface area contributed by atoms with Crippen molar-refractivity contribution < 1.29 is 0 Å². The first-order valence-electron chi connectivity index (χ1n) is 5.78. The summed E-state index contributed by atoms with van der Waals surface area (Å²) in [5.41, 5.74) is 1.41.